The van der Waals surface area contributed by atoms with Crippen LogP contribution in [0.25, 0.3) is 0 Å². The van der Waals surface area contributed by atoms with E-state index in [1.165, 1.54) is 6.20 Å². The number of hydrogen-bond donors (Lipinski definition) is 2. The number of pyridine rings is 1. The second-order valence-electron chi connectivity index (χ2n) is 4.56. The molecule has 92 valence electrons. The Morgan fingerprint density at radius 3 is 3.18 bits per heavy atom. The summed E-state index contributed by atoms with van der Waals surface area (Å²) in [6.07, 6.45) is 3.54. The molecule has 1 aliphatic rings. The highest BCUT2D eigenvalue weighted by Crippen LogP contribution is 2.23. The molecule has 5 heteroatoms. The highest BCUT2D eigenvalue weighted by molar-refractivity contribution is 5.93. The molecule has 0 aliphatic carbocycles. The summed E-state index contributed by atoms with van der Waals surface area (Å²) in [7, 11) is 0. The summed E-state index contributed by atoms with van der Waals surface area (Å²) in [6.45, 7) is 3.28. The van der Waals surface area contributed by atoms with Crippen LogP contribution in [0.15, 0.2) is 18.3 Å². The van der Waals surface area contributed by atoms with E-state index in [9.17, 15) is 4.79 Å². The van der Waals surface area contributed by atoms with E-state index in [0.29, 0.717) is 17.9 Å². The van der Waals surface area contributed by atoms with Crippen LogP contribution in [0.5, 0.6) is 0 Å². The molecule has 0 aromatic carbocycles. The SMILES string of the molecule is CC1(CNC(=O)c2cc(N)ccn2)CCCO1. The number of carbonyl (C=O) groups excluding carboxylic acids is 1. The number of amides is 1. The molecule has 0 radical (unpaired) electrons. The number of nitrogens with zero attached hydrogens (tertiary/aromatic N) is 1. The van der Waals surface area contributed by atoms with Crippen LogP contribution in [0.1, 0.15) is 30.3 Å². The van der Waals surface area contributed by atoms with Gasteiger partial charge < -0.3 is 15.8 Å². The van der Waals surface area contributed by atoms with Gasteiger partial charge in [0.25, 0.3) is 5.91 Å². The summed E-state index contributed by atoms with van der Waals surface area (Å²) in [6, 6.07) is 3.21. The van der Waals surface area contributed by atoms with Crippen LogP contribution in [-0.2, 0) is 4.74 Å². The normalized spacial score (nSPS) is 23.6. The van der Waals surface area contributed by atoms with Crippen molar-refractivity contribution < 1.29 is 9.53 Å². The predicted octanol–water partition coefficient (Wildman–Crippen LogP) is 0.963. The lowest BCUT2D eigenvalue weighted by Gasteiger charge is -2.23. The first-order valence-electron chi connectivity index (χ1n) is 5.73. The van der Waals surface area contributed by atoms with E-state index in [1.807, 2.05) is 6.92 Å². The van der Waals surface area contributed by atoms with Crippen molar-refractivity contribution in [2.75, 3.05) is 18.9 Å². The average molecular weight is 235 g/mol. The predicted molar refractivity (Wildman–Crippen MR) is 64.6 cm³/mol. The maximum Gasteiger partial charge on any atom is 0.270 e. The van der Waals surface area contributed by atoms with E-state index in [4.69, 9.17) is 10.5 Å². The zero-order chi connectivity index (χ0) is 12.3. The standard InChI is InChI=1S/C12H17N3O2/c1-12(4-2-6-17-12)8-15-11(16)10-7-9(13)3-5-14-10/h3,5,7H,2,4,6,8H2,1H3,(H2,13,14)(H,15,16). The van der Waals surface area contributed by atoms with Crippen molar-refractivity contribution in [1.82, 2.24) is 10.3 Å². The molecule has 1 saturated heterocycles. The molecule has 1 unspecified atom stereocenters. The minimum absolute atomic E-state index is 0.214. The molecule has 0 spiro atoms. The molecular formula is C12H17N3O2. The van der Waals surface area contributed by atoms with E-state index in [-0.39, 0.29) is 11.5 Å². The van der Waals surface area contributed by atoms with Gasteiger partial charge in [0, 0.05) is 25.0 Å². The number of aromatic nitrogens is 1. The van der Waals surface area contributed by atoms with Crippen LogP contribution in [0.4, 0.5) is 5.69 Å². The van der Waals surface area contributed by atoms with Gasteiger partial charge in [0.1, 0.15) is 5.69 Å². The van der Waals surface area contributed by atoms with Gasteiger partial charge in [0.05, 0.1) is 5.60 Å². The zero-order valence-corrected chi connectivity index (χ0v) is 9.90. The van der Waals surface area contributed by atoms with Crippen LogP contribution >= 0.6 is 0 Å². The third-order valence-electron chi connectivity index (χ3n) is 2.94. The first kappa shape index (κ1) is 11.9. The second kappa shape index (κ2) is 4.71. The summed E-state index contributed by atoms with van der Waals surface area (Å²) in [4.78, 5) is 15.8. The van der Waals surface area contributed by atoms with Gasteiger partial charge in [-0.3, -0.25) is 9.78 Å². The molecule has 2 rings (SSSR count). The van der Waals surface area contributed by atoms with Crippen molar-refractivity contribution in [3.8, 4) is 0 Å². The minimum atomic E-state index is -0.240. The first-order valence-corrected chi connectivity index (χ1v) is 5.73. The third-order valence-corrected chi connectivity index (χ3v) is 2.94. The topological polar surface area (TPSA) is 77.2 Å². The Bertz CT molecular complexity index is 414. The van der Waals surface area contributed by atoms with Crippen LogP contribution in [-0.4, -0.2) is 29.6 Å². The molecule has 17 heavy (non-hydrogen) atoms. The van der Waals surface area contributed by atoms with E-state index < -0.39 is 0 Å². The Labute approximate surface area is 100 Å². The second-order valence-corrected chi connectivity index (χ2v) is 4.56. The van der Waals surface area contributed by atoms with Crippen molar-refractivity contribution in [1.29, 1.82) is 0 Å². The number of nitrogens with two attached hydrogens (primary N) is 1. The molecule has 1 aliphatic heterocycles. The number of anilines is 1. The van der Waals surface area contributed by atoms with Crippen LogP contribution in [0, 0.1) is 0 Å². The van der Waals surface area contributed by atoms with Crippen molar-refractivity contribution in [2.45, 2.75) is 25.4 Å². The molecule has 1 aromatic heterocycles. The Morgan fingerprint density at radius 2 is 2.53 bits per heavy atom. The lowest BCUT2D eigenvalue weighted by molar-refractivity contribution is 0.0205. The van der Waals surface area contributed by atoms with Gasteiger partial charge in [-0.1, -0.05) is 0 Å². The number of hydrogen-bond acceptors (Lipinski definition) is 4. The van der Waals surface area contributed by atoms with E-state index >= 15 is 0 Å². The number of nitrogen functional groups attached to an aromatic ring is 1. The summed E-state index contributed by atoms with van der Waals surface area (Å²) >= 11 is 0. The maximum absolute atomic E-state index is 11.8. The zero-order valence-electron chi connectivity index (χ0n) is 9.90. The van der Waals surface area contributed by atoms with Gasteiger partial charge in [-0.25, -0.2) is 0 Å². The summed E-state index contributed by atoms with van der Waals surface area (Å²) in [5, 5.41) is 2.83. The van der Waals surface area contributed by atoms with Crippen molar-refractivity contribution >= 4 is 11.6 Å². The fraction of sp³-hybridized carbons (Fsp3) is 0.500. The molecular weight excluding hydrogens is 218 g/mol. The van der Waals surface area contributed by atoms with Crippen molar-refractivity contribution in [3.05, 3.63) is 24.0 Å². The fourth-order valence-electron chi connectivity index (χ4n) is 1.91. The Hall–Kier alpha value is -1.62. The monoisotopic (exact) mass is 235 g/mol. The molecule has 0 saturated carbocycles. The van der Waals surface area contributed by atoms with Gasteiger partial charge in [-0.2, -0.15) is 0 Å². The fourth-order valence-corrected chi connectivity index (χ4v) is 1.91. The molecule has 0 bridgehead atoms. The van der Waals surface area contributed by atoms with Gasteiger partial charge in [0.2, 0.25) is 0 Å². The summed E-state index contributed by atoms with van der Waals surface area (Å²) < 4.78 is 5.59. The summed E-state index contributed by atoms with van der Waals surface area (Å²) in [5.41, 5.74) is 6.23. The maximum atomic E-state index is 11.8. The first-order chi connectivity index (χ1) is 8.09. The highest BCUT2D eigenvalue weighted by Gasteiger charge is 2.30. The molecule has 2 heterocycles. The van der Waals surface area contributed by atoms with E-state index in [1.54, 1.807) is 12.1 Å². The molecule has 1 amide bonds. The quantitative estimate of drug-likeness (QED) is 0.818. The third kappa shape index (κ3) is 2.94. The van der Waals surface area contributed by atoms with Crippen LogP contribution in [0.3, 0.4) is 0 Å². The number of nitrogens with one attached hydrogen (secondary N) is 1. The van der Waals surface area contributed by atoms with Gasteiger partial charge in [-0.05, 0) is 31.9 Å². The molecule has 1 aromatic rings. The highest BCUT2D eigenvalue weighted by atomic mass is 16.5. The summed E-state index contributed by atoms with van der Waals surface area (Å²) in [5.74, 6) is -0.214. The lowest BCUT2D eigenvalue weighted by Crippen LogP contribution is -2.40. The molecule has 1 fully saturated rings. The number of rotatable bonds is 3. The Balaban J connectivity index is 1.93. The van der Waals surface area contributed by atoms with Gasteiger partial charge >= 0.3 is 0 Å². The van der Waals surface area contributed by atoms with Crippen LogP contribution in [0.2, 0.25) is 0 Å². The lowest BCUT2D eigenvalue weighted by atomic mass is 10.0. The number of carbonyl (C=O) groups is 1. The van der Waals surface area contributed by atoms with E-state index in [2.05, 4.69) is 10.3 Å². The average Bonchev–Trinajstić information content (AvgIpc) is 2.74. The van der Waals surface area contributed by atoms with Crippen molar-refractivity contribution in [2.24, 2.45) is 0 Å². The van der Waals surface area contributed by atoms with E-state index in [0.717, 1.165) is 19.4 Å². The molecule has 1 atom stereocenters. The number of ether oxygens (including phenoxy) is 1. The van der Waals surface area contributed by atoms with Gasteiger partial charge in [-0.15, -0.1) is 0 Å². The van der Waals surface area contributed by atoms with Crippen molar-refractivity contribution in [3.63, 3.8) is 0 Å². The molecule has 3 N–H and O–H groups in total. The Kier molecular flexibility index (Phi) is 3.28. The molecule has 5 nitrogen and oxygen atoms in total. The van der Waals surface area contributed by atoms with Gasteiger partial charge in [0.15, 0.2) is 0 Å². The largest absolute Gasteiger partial charge is 0.399 e. The van der Waals surface area contributed by atoms with Crippen LogP contribution < -0.4 is 11.1 Å². The Morgan fingerprint density at radius 1 is 1.71 bits per heavy atom. The minimum Gasteiger partial charge on any atom is -0.399 e. The smallest absolute Gasteiger partial charge is 0.270 e.